The van der Waals surface area contributed by atoms with Crippen LogP contribution >= 0.6 is 23.1 Å². The maximum absolute atomic E-state index is 11.2. The number of carbonyl (C=O) groups is 1. The molecular formula is C14H18N2O3S2. The van der Waals surface area contributed by atoms with Crippen molar-refractivity contribution in [3.8, 4) is 0 Å². The van der Waals surface area contributed by atoms with Gasteiger partial charge in [0.1, 0.15) is 21.1 Å². The number of hydrogen-bond acceptors (Lipinski definition) is 6. The maximum atomic E-state index is 11.2. The van der Waals surface area contributed by atoms with E-state index in [1.54, 1.807) is 11.8 Å². The van der Waals surface area contributed by atoms with Gasteiger partial charge in [-0.15, -0.1) is 23.1 Å². The molecule has 0 aliphatic carbocycles. The van der Waals surface area contributed by atoms with Crippen molar-refractivity contribution >= 4 is 39.3 Å². The normalized spacial score (nSPS) is 11.1. The summed E-state index contributed by atoms with van der Waals surface area (Å²) in [5, 5.41) is 10.9. The Bertz CT molecular complexity index is 628. The van der Waals surface area contributed by atoms with Crippen molar-refractivity contribution in [3.63, 3.8) is 0 Å². The number of aromatic nitrogens is 2. The molecule has 1 N–H and O–H groups in total. The largest absolute Gasteiger partial charge is 0.477 e. The number of rotatable bonds is 8. The third kappa shape index (κ3) is 3.93. The monoisotopic (exact) mass is 326 g/mol. The molecule has 0 amide bonds. The standard InChI is InChI=1S/C14H18N2O3S2/c1-3-4-5-19-6-7-20-12-10-9(2)11(14(17)18)21-13(10)16-8-15-12/h8H,3-7H2,1-2H3,(H,17,18). The summed E-state index contributed by atoms with van der Waals surface area (Å²) in [4.78, 5) is 20.7. The van der Waals surface area contributed by atoms with E-state index in [2.05, 4.69) is 16.9 Å². The molecule has 0 aliphatic heterocycles. The number of aromatic carboxylic acids is 1. The number of carboxylic acid groups (broad SMARTS) is 1. The van der Waals surface area contributed by atoms with Crippen molar-refractivity contribution in [2.75, 3.05) is 19.0 Å². The van der Waals surface area contributed by atoms with Crippen molar-refractivity contribution in [2.45, 2.75) is 31.7 Å². The Balaban J connectivity index is 2.08. The van der Waals surface area contributed by atoms with Gasteiger partial charge in [-0.05, 0) is 18.9 Å². The van der Waals surface area contributed by atoms with Crippen LogP contribution in [-0.2, 0) is 4.74 Å². The molecule has 0 aliphatic rings. The molecule has 0 saturated carbocycles. The predicted octanol–water partition coefficient (Wildman–Crippen LogP) is 3.61. The molecule has 2 aromatic heterocycles. The topological polar surface area (TPSA) is 72.3 Å². The molecule has 21 heavy (non-hydrogen) atoms. The van der Waals surface area contributed by atoms with Crippen LogP contribution in [0.5, 0.6) is 0 Å². The van der Waals surface area contributed by atoms with E-state index in [1.165, 1.54) is 17.7 Å². The van der Waals surface area contributed by atoms with Crippen molar-refractivity contribution < 1.29 is 14.6 Å². The summed E-state index contributed by atoms with van der Waals surface area (Å²) >= 11 is 2.79. The highest BCUT2D eigenvalue weighted by Gasteiger charge is 2.18. The van der Waals surface area contributed by atoms with Gasteiger partial charge in [-0.3, -0.25) is 0 Å². The molecule has 0 saturated heterocycles. The Morgan fingerprint density at radius 3 is 2.95 bits per heavy atom. The van der Waals surface area contributed by atoms with Crippen LogP contribution in [0, 0.1) is 6.92 Å². The van der Waals surface area contributed by atoms with Crippen molar-refractivity contribution in [1.82, 2.24) is 9.97 Å². The molecular weight excluding hydrogens is 308 g/mol. The zero-order chi connectivity index (χ0) is 15.2. The third-order valence-corrected chi connectivity index (χ3v) is 5.14. The molecule has 2 heterocycles. The maximum Gasteiger partial charge on any atom is 0.346 e. The minimum atomic E-state index is -0.908. The number of unbranched alkanes of at least 4 members (excludes halogenated alkanes) is 1. The van der Waals surface area contributed by atoms with E-state index in [1.807, 2.05) is 6.92 Å². The van der Waals surface area contributed by atoms with Crippen LogP contribution < -0.4 is 0 Å². The first-order valence-electron chi connectivity index (χ1n) is 6.83. The predicted molar refractivity (Wildman–Crippen MR) is 85.6 cm³/mol. The molecule has 0 radical (unpaired) electrons. The summed E-state index contributed by atoms with van der Waals surface area (Å²) < 4.78 is 5.53. The van der Waals surface area contributed by atoms with E-state index in [0.717, 1.165) is 46.0 Å². The minimum Gasteiger partial charge on any atom is -0.477 e. The first kappa shape index (κ1) is 16.2. The number of thioether (sulfide) groups is 1. The van der Waals surface area contributed by atoms with E-state index < -0.39 is 5.97 Å². The van der Waals surface area contributed by atoms with E-state index in [4.69, 9.17) is 4.74 Å². The Labute approximate surface area is 131 Å². The lowest BCUT2D eigenvalue weighted by molar-refractivity contribution is 0.0701. The van der Waals surface area contributed by atoms with Crippen LogP contribution in [0.15, 0.2) is 11.4 Å². The summed E-state index contributed by atoms with van der Waals surface area (Å²) in [6, 6.07) is 0. The molecule has 5 nitrogen and oxygen atoms in total. The molecule has 0 spiro atoms. The SMILES string of the molecule is CCCCOCCSc1ncnc2sc(C(=O)O)c(C)c12. The lowest BCUT2D eigenvalue weighted by atomic mass is 10.2. The fourth-order valence-electron chi connectivity index (χ4n) is 1.90. The van der Waals surface area contributed by atoms with Crippen LogP contribution in [0.3, 0.4) is 0 Å². The molecule has 0 unspecified atom stereocenters. The fraction of sp³-hybridized carbons (Fsp3) is 0.500. The van der Waals surface area contributed by atoms with Crippen molar-refractivity contribution in [1.29, 1.82) is 0 Å². The first-order valence-corrected chi connectivity index (χ1v) is 8.63. The second-order valence-electron chi connectivity index (χ2n) is 4.53. The van der Waals surface area contributed by atoms with Gasteiger partial charge in [0.15, 0.2) is 0 Å². The summed E-state index contributed by atoms with van der Waals surface area (Å²) in [5.74, 6) is -0.109. The fourth-order valence-corrected chi connectivity index (χ4v) is 3.86. The zero-order valence-corrected chi connectivity index (χ0v) is 13.7. The molecule has 0 bridgehead atoms. The highest BCUT2D eigenvalue weighted by atomic mass is 32.2. The Hall–Kier alpha value is -1.18. The number of hydrogen-bond donors (Lipinski definition) is 1. The second-order valence-corrected chi connectivity index (χ2v) is 6.62. The van der Waals surface area contributed by atoms with E-state index in [0.29, 0.717) is 11.5 Å². The van der Waals surface area contributed by atoms with Gasteiger partial charge in [0.25, 0.3) is 0 Å². The molecule has 0 fully saturated rings. The van der Waals surface area contributed by atoms with Gasteiger partial charge in [-0.2, -0.15) is 0 Å². The van der Waals surface area contributed by atoms with E-state index >= 15 is 0 Å². The molecule has 7 heteroatoms. The first-order chi connectivity index (χ1) is 10.1. The number of aryl methyl sites for hydroxylation is 1. The van der Waals surface area contributed by atoms with Gasteiger partial charge in [-0.1, -0.05) is 13.3 Å². The van der Waals surface area contributed by atoms with Gasteiger partial charge >= 0.3 is 5.97 Å². The number of ether oxygens (including phenoxy) is 1. The van der Waals surface area contributed by atoms with Crippen molar-refractivity contribution in [3.05, 3.63) is 16.8 Å². The summed E-state index contributed by atoms with van der Waals surface area (Å²) in [6.45, 7) is 5.41. The highest BCUT2D eigenvalue weighted by molar-refractivity contribution is 7.99. The number of nitrogens with zero attached hydrogens (tertiary/aromatic N) is 2. The zero-order valence-electron chi connectivity index (χ0n) is 12.1. The Kier molecular flexibility index (Phi) is 5.96. The molecule has 114 valence electrons. The highest BCUT2D eigenvalue weighted by Crippen LogP contribution is 2.34. The van der Waals surface area contributed by atoms with Crippen LogP contribution in [0.25, 0.3) is 10.2 Å². The number of fused-ring (bicyclic) bond motifs is 1. The summed E-state index contributed by atoms with van der Waals surface area (Å²) in [6.07, 6.45) is 3.70. The van der Waals surface area contributed by atoms with Crippen LogP contribution in [0.2, 0.25) is 0 Å². The quantitative estimate of drug-likeness (QED) is 0.454. The van der Waals surface area contributed by atoms with Gasteiger partial charge in [0.05, 0.1) is 6.61 Å². The van der Waals surface area contributed by atoms with Crippen LogP contribution in [0.4, 0.5) is 0 Å². The molecule has 2 rings (SSSR count). The lowest BCUT2D eigenvalue weighted by Crippen LogP contribution is -1.99. The Morgan fingerprint density at radius 1 is 1.43 bits per heavy atom. The van der Waals surface area contributed by atoms with Crippen LogP contribution in [-0.4, -0.2) is 40.0 Å². The van der Waals surface area contributed by atoms with Gasteiger partial charge in [-0.25, -0.2) is 14.8 Å². The minimum absolute atomic E-state index is 0.339. The average Bonchev–Trinajstić information content (AvgIpc) is 2.81. The molecule has 0 atom stereocenters. The molecule has 2 aromatic rings. The Morgan fingerprint density at radius 2 is 2.24 bits per heavy atom. The van der Waals surface area contributed by atoms with Gasteiger partial charge < -0.3 is 9.84 Å². The number of thiophene rings is 1. The second kappa shape index (κ2) is 7.72. The lowest BCUT2D eigenvalue weighted by Gasteiger charge is -2.04. The third-order valence-electron chi connectivity index (χ3n) is 2.99. The summed E-state index contributed by atoms with van der Waals surface area (Å²) in [7, 11) is 0. The molecule has 0 aromatic carbocycles. The van der Waals surface area contributed by atoms with Crippen LogP contribution in [0.1, 0.15) is 35.0 Å². The van der Waals surface area contributed by atoms with Crippen molar-refractivity contribution in [2.24, 2.45) is 0 Å². The average molecular weight is 326 g/mol. The number of carboxylic acids is 1. The van der Waals surface area contributed by atoms with Gasteiger partial charge in [0, 0.05) is 17.7 Å². The smallest absolute Gasteiger partial charge is 0.346 e. The van der Waals surface area contributed by atoms with E-state index in [-0.39, 0.29) is 0 Å². The van der Waals surface area contributed by atoms with E-state index in [9.17, 15) is 9.90 Å². The summed E-state index contributed by atoms with van der Waals surface area (Å²) in [5.41, 5.74) is 0.748. The van der Waals surface area contributed by atoms with Gasteiger partial charge in [0.2, 0.25) is 0 Å².